The first-order valence-electron chi connectivity index (χ1n) is 8.39. The molecule has 22 heavy (non-hydrogen) atoms. The van der Waals surface area contributed by atoms with Crippen molar-refractivity contribution in [1.82, 2.24) is 5.32 Å². The zero-order valence-electron chi connectivity index (χ0n) is 12.9. The van der Waals surface area contributed by atoms with Crippen LogP contribution in [0.25, 0.3) is 0 Å². The molecule has 0 bridgehead atoms. The van der Waals surface area contributed by atoms with Gasteiger partial charge in [-0.2, -0.15) is 0 Å². The quantitative estimate of drug-likeness (QED) is 0.534. The molecule has 0 heterocycles. The van der Waals surface area contributed by atoms with Crippen LogP contribution in [0, 0.1) is 23.7 Å². The Morgan fingerprint density at radius 2 is 2.00 bits per heavy atom. The van der Waals surface area contributed by atoms with E-state index in [1.54, 1.807) is 0 Å². The molecule has 3 fully saturated rings. The Bertz CT molecular complexity index is 454. The molecule has 2 N–H and O–H groups in total. The van der Waals surface area contributed by atoms with Gasteiger partial charge in [0.2, 0.25) is 0 Å². The summed E-state index contributed by atoms with van der Waals surface area (Å²) >= 11 is 0. The van der Waals surface area contributed by atoms with Crippen molar-refractivity contribution in [3.8, 4) is 0 Å². The van der Waals surface area contributed by atoms with Gasteiger partial charge in [-0.15, -0.1) is 6.58 Å². The Kier molecular flexibility index (Phi) is 4.41. The van der Waals surface area contributed by atoms with Gasteiger partial charge in [0.05, 0.1) is 0 Å². The molecule has 0 aromatic rings. The van der Waals surface area contributed by atoms with E-state index in [-0.39, 0.29) is 12.0 Å². The second kappa shape index (κ2) is 6.31. The van der Waals surface area contributed by atoms with Crippen LogP contribution in [-0.2, 0) is 9.53 Å². The zero-order chi connectivity index (χ0) is 15.7. The first-order valence-corrected chi connectivity index (χ1v) is 8.39. The van der Waals surface area contributed by atoms with Crippen LogP contribution in [0.4, 0.5) is 4.79 Å². The average Bonchev–Trinajstić information content (AvgIpc) is 3.35. The summed E-state index contributed by atoms with van der Waals surface area (Å²) in [6.45, 7) is 3.69. The van der Waals surface area contributed by atoms with Crippen molar-refractivity contribution in [1.29, 1.82) is 0 Å². The van der Waals surface area contributed by atoms with Crippen molar-refractivity contribution < 1.29 is 19.4 Å². The lowest BCUT2D eigenvalue weighted by molar-refractivity contribution is -0.140. The molecule has 3 aliphatic carbocycles. The summed E-state index contributed by atoms with van der Waals surface area (Å²) in [6.07, 6.45) is 8.38. The van der Waals surface area contributed by atoms with Crippen molar-refractivity contribution in [3.05, 3.63) is 12.7 Å². The van der Waals surface area contributed by atoms with Crippen LogP contribution >= 0.6 is 0 Å². The molecule has 0 saturated heterocycles. The maximum absolute atomic E-state index is 11.9. The van der Waals surface area contributed by atoms with Gasteiger partial charge in [-0.05, 0) is 68.6 Å². The van der Waals surface area contributed by atoms with E-state index < -0.39 is 18.1 Å². The minimum Gasteiger partial charge on any atom is -0.480 e. The molecule has 3 saturated carbocycles. The fourth-order valence-electron chi connectivity index (χ4n) is 3.91. The lowest BCUT2D eigenvalue weighted by Crippen LogP contribution is -2.46. The number of amides is 1. The third kappa shape index (κ3) is 3.62. The minimum atomic E-state index is -0.943. The van der Waals surface area contributed by atoms with Crippen LogP contribution in [0.3, 0.4) is 0 Å². The Balaban J connectivity index is 1.40. The summed E-state index contributed by atoms with van der Waals surface area (Å²) in [6, 6.07) is -0.793. The van der Waals surface area contributed by atoms with Crippen molar-refractivity contribution in [2.75, 3.05) is 0 Å². The number of hydrogen-bond acceptors (Lipinski definition) is 3. The number of unbranched alkanes of at least 4 members (excludes halogenated alkanes) is 1. The normalized spacial score (nSPS) is 36.1. The van der Waals surface area contributed by atoms with Gasteiger partial charge in [-0.3, -0.25) is 0 Å². The SMILES string of the molecule is C=CCCC[C@@H]1C[C@H]1OC(=O)N[C@H](C(=O)O)C1C[C@@H]2C[C@@H]2C1. The van der Waals surface area contributed by atoms with E-state index >= 15 is 0 Å². The highest BCUT2D eigenvalue weighted by Crippen LogP contribution is 2.55. The topological polar surface area (TPSA) is 75.6 Å². The molecular formula is C17H25NO4. The van der Waals surface area contributed by atoms with Crippen LogP contribution in [0.5, 0.6) is 0 Å². The third-order valence-corrected chi connectivity index (χ3v) is 5.39. The van der Waals surface area contributed by atoms with E-state index in [1.165, 1.54) is 6.42 Å². The number of rotatable bonds is 8. The number of aliphatic carboxylic acids is 1. The number of alkyl carbamates (subject to hydrolysis) is 1. The van der Waals surface area contributed by atoms with Crippen LogP contribution in [-0.4, -0.2) is 29.3 Å². The highest BCUT2D eigenvalue weighted by Gasteiger charge is 2.50. The number of carbonyl (C=O) groups is 2. The summed E-state index contributed by atoms with van der Waals surface area (Å²) < 4.78 is 5.34. The number of hydrogen-bond donors (Lipinski definition) is 2. The Morgan fingerprint density at radius 3 is 2.64 bits per heavy atom. The molecule has 1 unspecified atom stereocenters. The van der Waals surface area contributed by atoms with Crippen molar-refractivity contribution in [2.45, 2.75) is 57.1 Å². The molecule has 0 radical (unpaired) electrons. The zero-order valence-corrected chi connectivity index (χ0v) is 12.9. The highest BCUT2D eigenvalue weighted by molar-refractivity contribution is 5.80. The summed E-state index contributed by atoms with van der Waals surface area (Å²) in [5.74, 6) is 0.954. The van der Waals surface area contributed by atoms with E-state index in [4.69, 9.17) is 4.74 Å². The maximum Gasteiger partial charge on any atom is 0.408 e. The van der Waals surface area contributed by atoms with Crippen LogP contribution < -0.4 is 5.32 Å². The van der Waals surface area contributed by atoms with E-state index in [0.29, 0.717) is 17.8 Å². The van der Waals surface area contributed by atoms with Gasteiger partial charge >= 0.3 is 12.1 Å². The fraction of sp³-hybridized carbons (Fsp3) is 0.765. The number of carboxylic acid groups (broad SMARTS) is 1. The van der Waals surface area contributed by atoms with Crippen LogP contribution in [0.1, 0.15) is 44.9 Å². The molecule has 0 spiro atoms. The fourth-order valence-corrected chi connectivity index (χ4v) is 3.91. The average molecular weight is 307 g/mol. The molecule has 6 atom stereocenters. The van der Waals surface area contributed by atoms with E-state index in [9.17, 15) is 14.7 Å². The molecule has 0 aliphatic heterocycles. The summed E-state index contributed by atoms with van der Waals surface area (Å²) in [4.78, 5) is 23.3. The highest BCUT2D eigenvalue weighted by atomic mass is 16.6. The van der Waals surface area contributed by atoms with Gasteiger partial charge in [0.25, 0.3) is 0 Å². The lowest BCUT2D eigenvalue weighted by Gasteiger charge is -2.21. The van der Waals surface area contributed by atoms with Crippen LogP contribution in [0.15, 0.2) is 12.7 Å². The summed E-state index contributed by atoms with van der Waals surface area (Å²) in [5.41, 5.74) is 0. The minimum absolute atomic E-state index is 0.0313. The van der Waals surface area contributed by atoms with E-state index in [2.05, 4.69) is 11.9 Å². The first kappa shape index (κ1) is 15.4. The monoisotopic (exact) mass is 307 g/mol. The third-order valence-electron chi connectivity index (χ3n) is 5.39. The molecule has 0 aromatic heterocycles. The lowest BCUT2D eigenvalue weighted by atomic mass is 9.94. The van der Waals surface area contributed by atoms with Gasteiger partial charge in [0.1, 0.15) is 12.1 Å². The molecule has 1 amide bonds. The molecule has 5 nitrogen and oxygen atoms in total. The number of ether oxygens (including phenoxy) is 1. The second-order valence-electron chi connectivity index (χ2n) is 7.11. The van der Waals surface area contributed by atoms with Gasteiger partial charge in [-0.1, -0.05) is 6.08 Å². The number of carbonyl (C=O) groups excluding carboxylic acids is 1. The van der Waals surface area contributed by atoms with Crippen molar-refractivity contribution >= 4 is 12.1 Å². The predicted octanol–water partition coefficient (Wildman–Crippen LogP) is 2.96. The van der Waals surface area contributed by atoms with Crippen molar-refractivity contribution in [2.24, 2.45) is 23.7 Å². The van der Waals surface area contributed by atoms with Crippen LogP contribution in [0.2, 0.25) is 0 Å². The number of fused-ring (bicyclic) bond motifs is 1. The molecule has 3 rings (SSSR count). The predicted molar refractivity (Wildman–Crippen MR) is 81.3 cm³/mol. The standard InChI is InChI=1S/C17H25NO4/c1-2-3-4-5-10-9-14(10)22-17(21)18-15(16(19)20)13-7-11-6-12(11)8-13/h2,10-15H,1,3-9H2,(H,18,21)(H,19,20)/t10-,11-,12+,13?,14-,15+/m1/s1. The van der Waals surface area contributed by atoms with E-state index in [0.717, 1.165) is 38.5 Å². The Labute approximate surface area is 131 Å². The number of allylic oxidation sites excluding steroid dienone is 1. The van der Waals surface area contributed by atoms with Gasteiger partial charge < -0.3 is 15.2 Å². The van der Waals surface area contributed by atoms with Gasteiger partial charge in [0, 0.05) is 0 Å². The first-order chi connectivity index (χ1) is 10.6. The van der Waals surface area contributed by atoms with Crippen molar-refractivity contribution in [3.63, 3.8) is 0 Å². The number of carboxylic acids is 1. The largest absolute Gasteiger partial charge is 0.480 e. The molecular weight excluding hydrogens is 282 g/mol. The molecule has 0 aromatic carbocycles. The molecule has 5 heteroatoms. The van der Waals surface area contributed by atoms with Gasteiger partial charge in [0.15, 0.2) is 0 Å². The maximum atomic E-state index is 11.9. The summed E-state index contributed by atoms with van der Waals surface area (Å²) in [5, 5.41) is 11.9. The van der Waals surface area contributed by atoms with E-state index in [1.807, 2.05) is 6.08 Å². The summed E-state index contributed by atoms with van der Waals surface area (Å²) in [7, 11) is 0. The molecule has 122 valence electrons. The second-order valence-corrected chi connectivity index (χ2v) is 7.11. The molecule has 3 aliphatic rings. The number of nitrogens with one attached hydrogen (secondary N) is 1. The van der Waals surface area contributed by atoms with Gasteiger partial charge in [-0.25, -0.2) is 9.59 Å². The Hall–Kier alpha value is -1.52. The smallest absolute Gasteiger partial charge is 0.408 e. The Morgan fingerprint density at radius 1 is 1.27 bits per heavy atom.